The number of carbonyl (C=O) groups is 1. The number of nitrogens with zero attached hydrogens (tertiary/aromatic N) is 1. The number of amides is 1. The van der Waals surface area contributed by atoms with Crippen molar-refractivity contribution in [1.82, 2.24) is 4.90 Å². The second-order valence-corrected chi connectivity index (χ2v) is 5.86. The van der Waals surface area contributed by atoms with Crippen LogP contribution < -0.4 is 5.73 Å². The number of carbonyl (C=O) groups excluding carboxylic acids is 1. The van der Waals surface area contributed by atoms with E-state index in [1.165, 1.54) is 5.56 Å². The van der Waals surface area contributed by atoms with Crippen LogP contribution in [0.2, 0.25) is 0 Å². The van der Waals surface area contributed by atoms with Gasteiger partial charge in [-0.2, -0.15) is 0 Å². The molecule has 2 atom stereocenters. The fraction of sp³-hybridized carbons (Fsp3) is 0.316. The Morgan fingerprint density at radius 2 is 1.78 bits per heavy atom. The first kappa shape index (κ1) is 15.7. The SMILES string of the molecule is N[C@H](C(=O)N1CCO[C@H](Cc2ccccc2)C1)c1ccccc1. The van der Waals surface area contributed by atoms with E-state index in [1.54, 1.807) is 0 Å². The molecule has 4 heteroatoms. The quantitative estimate of drug-likeness (QED) is 0.941. The number of benzene rings is 2. The first-order valence-electron chi connectivity index (χ1n) is 7.99. The van der Waals surface area contributed by atoms with Crippen LogP contribution in [0.4, 0.5) is 0 Å². The minimum Gasteiger partial charge on any atom is -0.374 e. The molecule has 1 aliphatic rings. The van der Waals surface area contributed by atoms with E-state index in [9.17, 15) is 4.79 Å². The van der Waals surface area contributed by atoms with Gasteiger partial charge in [0.1, 0.15) is 6.04 Å². The van der Waals surface area contributed by atoms with E-state index >= 15 is 0 Å². The van der Waals surface area contributed by atoms with Crippen LogP contribution in [0.15, 0.2) is 60.7 Å². The highest BCUT2D eigenvalue weighted by Crippen LogP contribution is 2.17. The summed E-state index contributed by atoms with van der Waals surface area (Å²) in [5, 5.41) is 0. The van der Waals surface area contributed by atoms with E-state index in [4.69, 9.17) is 10.5 Å². The summed E-state index contributed by atoms with van der Waals surface area (Å²) < 4.78 is 5.81. The molecule has 1 amide bonds. The van der Waals surface area contributed by atoms with Gasteiger partial charge in [-0.25, -0.2) is 0 Å². The van der Waals surface area contributed by atoms with E-state index in [0.717, 1.165) is 12.0 Å². The van der Waals surface area contributed by atoms with Crippen LogP contribution >= 0.6 is 0 Å². The van der Waals surface area contributed by atoms with Gasteiger partial charge in [0.15, 0.2) is 0 Å². The van der Waals surface area contributed by atoms with Crippen LogP contribution in [0.1, 0.15) is 17.2 Å². The second kappa shape index (κ2) is 7.40. The molecule has 0 aliphatic carbocycles. The van der Waals surface area contributed by atoms with Crippen molar-refractivity contribution in [2.75, 3.05) is 19.7 Å². The standard InChI is InChI=1S/C19H22N2O2/c20-18(16-9-5-2-6-10-16)19(22)21-11-12-23-17(14-21)13-15-7-3-1-4-8-15/h1-10,17-18H,11-14,20H2/t17-,18+/m1/s1. The van der Waals surface area contributed by atoms with Gasteiger partial charge < -0.3 is 15.4 Å². The molecule has 1 saturated heterocycles. The molecule has 0 saturated carbocycles. The van der Waals surface area contributed by atoms with Gasteiger partial charge in [0.05, 0.1) is 12.7 Å². The lowest BCUT2D eigenvalue weighted by atomic mass is 10.0. The van der Waals surface area contributed by atoms with Crippen molar-refractivity contribution < 1.29 is 9.53 Å². The number of hydrogen-bond acceptors (Lipinski definition) is 3. The lowest BCUT2D eigenvalue weighted by molar-refractivity contribution is -0.140. The predicted molar refractivity (Wildman–Crippen MR) is 89.8 cm³/mol. The Morgan fingerprint density at radius 1 is 1.13 bits per heavy atom. The third-order valence-corrected chi connectivity index (χ3v) is 4.18. The third kappa shape index (κ3) is 3.97. The minimum atomic E-state index is -0.605. The largest absolute Gasteiger partial charge is 0.374 e. The highest BCUT2D eigenvalue weighted by Gasteiger charge is 2.28. The molecule has 2 aromatic carbocycles. The molecular weight excluding hydrogens is 288 g/mol. The zero-order chi connectivity index (χ0) is 16.1. The summed E-state index contributed by atoms with van der Waals surface area (Å²) in [6.07, 6.45) is 0.837. The Morgan fingerprint density at radius 3 is 2.48 bits per heavy atom. The van der Waals surface area contributed by atoms with Gasteiger partial charge in [-0.3, -0.25) is 4.79 Å². The summed E-state index contributed by atoms with van der Waals surface area (Å²) in [6.45, 7) is 1.75. The number of ether oxygens (including phenoxy) is 1. The molecular formula is C19H22N2O2. The van der Waals surface area contributed by atoms with Crippen molar-refractivity contribution in [1.29, 1.82) is 0 Å². The minimum absolute atomic E-state index is 0.0260. The normalized spacial score (nSPS) is 19.3. The zero-order valence-electron chi connectivity index (χ0n) is 13.1. The molecule has 4 nitrogen and oxygen atoms in total. The van der Waals surface area contributed by atoms with Gasteiger partial charge in [-0.1, -0.05) is 60.7 Å². The summed E-state index contributed by atoms with van der Waals surface area (Å²) >= 11 is 0. The lowest BCUT2D eigenvalue weighted by Gasteiger charge is -2.34. The van der Waals surface area contributed by atoms with Gasteiger partial charge in [-0.15, -0.1) is 0 Å². The Bertz CT molecular complexity index is 630. The van der Waals surface area contributed by atoms with E-state index in [-0.39, 0.29) is 12.0 Å². The highest BCUT2D eigenvalue weighted by atomic mass is 16.5. The second-order valence-electron chi connectivity index (χ2n) is 5.86. The Kier molecular flexibility index (Phi) is 5.05. The lowest BCUT2D eigenvalue weighted by Crippen LogP contribution is -2.49. The molecule has 1 heterocycles. The van der Waals surface area contributed by atoms with Crippen molar-refractivity contribution >= 4 is 5.91 Å². The number of morpholine rings is 1. The molecule has 2 aromatic rings. The summed E-state index contributed by atoms with van der Waals surface area (Å²) in [4.78, 5) is 14.5. The van der Waals surface area contributed by atoms with Gasteiger partial charge in [0.25, 0.3) is 0 Å². The average molecular weight is 310 g/mol. The molecule has 2 N–H and O–H groups in total. The van der Waals surface area contributed by atoms with E-state index in [2.05, 4.69) is 12.1 Å². The topological polar surface area (TPSA) is 55.6 Å². The van der Waals surface area contributed by atoms with Gasteiger partial charge >= 0.3 is 0 Å². The van der Waals surface area contributed by atoms with E-state index < -0.39 is 6.04 Å². The summed E-state index contributed by atoms with van der Waals surface area (Å²) in [5.74, 6) is -0.0300. The van der Waals surface area contributed by atoms with Gasteiger partial charge in [-0.05, 0) is 11.1 Å². The molecule has 1 aliphatic heterocycles. The molecule has 1 fully saturated rings. The maximum Gasteiger partial charge on any atom is 0.244 e. The van der Waals surface area contributed by atoms with Crippen molar-refractivity contribution in [3.63, 3.8) is 0 Å². The summed E-state index contributed by atoms with van der Waals surface area (Å²) in [5.41, 5.74) is 8.21. The van der Waals surface area contributed by atoms with Crippen LogP contribution in [0, 0.1) is 0 Å². The van der Waals surface area contributed by atoms with Crippen LogP contribution in [-0.2, 0) is 16.0 Å². The highest BCUT2D eigenvalue weighted by molar-refractivity contribution is 5.83. The molecule has 0 spiro atoms. The van der Waals surface area contributed by atoms with Crippen LogP contribution in [0.3, 0.4) is 0 Å². The maximum absolute atomic E-state index is 12.6. The summed E-state index contributed by atoms with van der Waals surface area (Å²) in [7, 11) is 0. The Balaban J connectivity index is 1.63. The van der Waals surface area contributed by atoms with Crippen molar-refractivity contribution in [2.24, 2.45) is 5.73 Å². The molecule has 23 heavy (non-hydrogen) atoms. The fourth-order valence-corrected chi connectivity index (χ4v) is 2.92. The van der Waals surface area contributed by atoms with E-state index in [1.807, 2.05) is 53.4 Å². The summed E-state index contributed by atoms with van der Waals surface area (Å²) in [6, 6.07) is 19.1. The van der Waals surface area contributed by atoms with Crippen LogP contribution in [0.25, 0.3) is 0 Å². The molecule has 120 valence electrons. The van der Waals surface area contributed by atoms with Gasteiger partial charge in [0.2, 0.25) is 5.91 Å². The zero-order valence-corrected chi connectivity index (χ0v) is 13.1. The predicted octanol–water partition coefficient (Wildman–Crippen LogP) is 2.16. The molecule has 0 radical (unpaired) electrons. The smallest absolute Gasteiger partial charge is 0.244 e. The van der Waals surface area contributed by atoms with Crippen molar-refractivity contribution in [2.45, 2.75) is 18.6 Å². The molecule has 0 unspecified atom stereocenters. The first-order valence-corrected chi connectivity index (χ1v) is 7.99. The fourth-order valence-electron chi connectivity index (χ4n) is 2.92. The average Bonchev–Trinajstić information content (AvgIpc) is 2.62. The molecule has 0 bridgehead atoms. The first-order chi connectivity index (χ1) is 11.2. The number of hydrogen-bond donors (Lipinski definition) is 1. The molecule has 0 aromatic heterocycles. The monoisotopic (exact) mass is 310 g/mol. The van der Waals surface area contributed by atoms with Crippen molar-refractivity contribution in [3.05, 3.63) is 71.8 Å². The van der Waals surface area contributed by atoms with E-state index in [0.29, 0.717) is 19.7 Å². The number of nitrogens with two attached hydrogens (primary N) is 1. The maximum atomic E-state index is 12.6. The van der Waals surface area contributed by atoms with Crippen LogP contribution in [-0.4, -0.2) is 36.6 Å². The Labute approximate surface area is 136 Å². The van der Waals surface area contributed by atoms with Crippen LogP contribution in [0.5, 0.6) is 0 Å². The number of rotatable bonds is 4. The van der Waals surface area contributed by atoms with Gasteiger partial charge in [0, 0.05) is 19.5 Å². The third-order valence-electron chi connectivity index (χ3n) is 4.18. The molecule has 3 rings (SSSR count). The Hall–Kier alpha value is -2.17. The van der Waals surface area contributed by atoms with Crippen molar-refractivity contribution in [3.8, 4) is 0 Å².